The van der Waals surface area contributed by atoms with Gasteiger partial charge in [-0.25, -0.2) is 0 Å². The summed E-state index contributed by atoms with van der Waals surface area (Å²) < 4.78 is 0. The molecule has 0 bridgehead atoms. The van der Waals surface area contributed by atoms with Crippen LogP contribution in [0.4, 0.5) is 0 Å². The van der Waals surface area contributed by atoms with E-state index in [4.69, 9.17) is 0 Å². The van der Waals surface area contributed by atoms with E-state index in [9.17, 15) is 19.8 Å². The first kappa shape index (κ1) is 23.9. The number of carboxylic acids is 2. The van der Waals surface area contributed by atoms with Crippen LogP contribution < -0.4 is 0 Å². The molecule has 4 heteroatoms. The number of hydrogen-bond acceptors (Lipinski definition) is 2. The van der Waals surface area contributed by atoms with Gasteiger partial charge in [-0.3, -0.25) is 9.59 Å². The average molecular weight is 357 g/mol. The largest absolute Gasteiger partial charge is 0.481 e. The third-order valence-electron chi connectivity index (χ3n) is 5.61. The van der Waals surface area contributed by atoms with Gasteiger partial charge in [-0.05, 0) is 41.9 Å². The maximum Gasteiger partial charge on any atom is 0.311 e. The van der Waals surface area contributed by atoms with E-state index >= 15 is 0 Å². The Kier molecular flexibility index (Phi) is 7.35. The molecule has 0 aromatic rings. The topological polar surface area (TPSA) is 74.6 Å². The van der Waals surface area contributed by atoms with E-state index in [0.29, 0.717) is 19.3 Å². The van der Waals surface area contributed by atoms with Crippen molar-refractivity contribution in [2.24, 2.45) is 33.5 Å². The van der Waals surface area contributed by atoms with Crippen molar-refractivity contribution in [3.63, 3.8) is 0 Å². The number of aliphatic carboxylic acids is 2. The fourth-order valence-electron chi connectivity index (χ4n) is 4.37. The van der Waals surface area contributed by atoms with Gasteiger partial charge in [-0.2, -0.15) is 0 Å². The first-order chi connectivity index (χ1) is 10.9. The monoisotopic (exact) mass is 356 g/mol. The van der Waals surface area contributed by atoms with Crippen LogP contribution in [0, 0.1) is 33.5 Å². The van der Waals surface area contributed by atoms with Crippen LogP contribution in [0.2, 0.25) is 0 Å². The fraction of sp³-hybridized carbons (Fsp3) is 0.905. The number of hydrogen-bond donors (Lipinski definition) is 2. The lowest BCUT2D eigenvalue weighted by Crippen LogP contribution is -2.59. The molecule has 0 amide bonds. The van der Waals surface area contributed by atoms with Crippen molar-refractivity contribution in [2.75, 3.05) is 0 Å². The summed E-state index contributed by atoms with van der Waals surface area (Å²) in [5.41, 5.74) is -2.98. The Balaban J connectivity index is 6.72. The molecule has 0 aromatic heterocycles. The van der Waals surface area contributed by atoms with E-state index in [1.54, 1.807) is 0 Å². The molecule has 2 atom stereocenters. The smallest absolute Gasteiger partial charge is 0.311 e. The standard InChI is InChI=1S/C21H40O4/c1-14(2)20(16(22)23,12-11-18(5,6)7)21(15(3)4,17(24)25)13-19(8,9)10/h14-15H,11-13H2,1-10H3,(H,22,23)(H,24,25). The summed E-state index contributed by atoms with van der Waals surface area (Å²) in [7, 11) is 0. The van der Waals surface area contributed by atoms with Crippen molar-refractivity contribution in [1.82, 2.24) is 0 Å². The van der Waals surface area contributed by atoms with Crippen molar-refractivity contribution >= 4 is 11.9 Å². The maximum absolute atomic E-state index is 12.7. The zero-order valence-electron chi connectivity index (χ0n) is 18.0. The summed E-state index contributed by atoms with van der Waals surface area (Å²) in [6.07, 6.45) is 1.37. The van der Waals surface area contributed by atoms with Crippen LogP contribution in [0.5, 0.6) is 0 Å². The van der Waals surface area contributed by atoms with Crippen LogP contribution in [-0.2, 0) is 9.59 Å². The van der Waals surface area contributed by atoms with Gasteiger partial charge in [0.15, 0.2) is 0 Å². The third kappa shape index (κ3) is 4.98. The van der Waals surface area contributed by atoms with Gasteiger partial charge >= 0.3 is 11.9 Å². The molecule has 0 aliphatic heterocycles. The highest BCUT2D eigenvalue weighted by molar-refractivity contribution is 5.87. The van der Waals surface area contributed by atoms with Gasteiger partial charge in [0, 0.05) is 0 Å². The van der Waals surface area contributed by atoms with Gasteiger partial charge in [0.05, 0.1) is 10.8 Å². The van der Waals surface area contributed by atoms with Crippen molar-refractivity contribution in [2.45, 2.75) is 88.5 Å². The molecule has 0 heterocycles. The van der Waals surface area contributed by atoms with Crippen LogP contribution in [-0.4, -0.2) is 22.2 Å². The van der Waals surface area contributed by atoms with E-state index in [-0.39, 0.29) is 22.7 Å². The van der Waals surface area contributed by atoms with Crippen molar-refractivity contribution in [3.8, 4) is 0 Å². The zero-order chi connectivity index (χ0) is 20.4. The van der Waals surface area contributed by atoms with Gasteiger partial charge < -0.3 is 10.2 Å². The van der Waals surface area contributed by atoms with E-state index < -0.39 is 22.8 Å². The molecule has 0 aliphatic carbocycles. The van der Waals surface area contributed by atoms with Crippen LogP contribution in [0.3, 0.4) is 0 Å². The lowest BCUT2D eigenvalue weighted by atomic mass is 9.48. The Labute approximate surface area is 154 Å². The first-order valence-corrected chi connectivity index (χ1v) is 9.41. The van der Waals surface area contributed by atoms with Crippen LogP contribution in [0.1, 0.15) is 88.5 Å². The van der Waals surface area contributed by atoms with Gasteiger partial charge in [0.1, 0.15) is 0 Å². The van der Waals surface area contributed by atoms with E-state index in [1.165, 1.54) is 0 Å². The SMILES string of the molecule is CC(C)C(CCC(C)(C)C)(C(=O)O)C(CC(C)(C)C)(C(=O)O)C(C)C. The molecule has 2 N–H and O–H groups in total. The molecule has 0 saturated carbocycles. The molecule has 2 unspecified atom stereocenters. The number of carbonyl (C=O) groups is 2. The molecule has 0 rings (SSSR count). The van der Waals surface area contributed by atoms with Gasteiger partial charge in [-0.1, -0.05) is 69.2 Å². The highest BCUT2D eigenvalue weighted by Crippen LogP contribution is 2.59. The average Bonchev–Trinajstić information content (AvgIpc) is 2.33. The molecule has 0 radical (unpaired) electrons. The molecule has 0 aliphatic rings. The van der Waals surface area contributed by atoms with Gasteiger partial charge in [-0.15, -0.1) is 0 Å². The Morgan fingerprint density at radius 1 is 0.680 bits per heavy atom. The molecule has 0 aromatic carbocycles. The second-order valence-electron chi connectivity index (χ2n) is 10.7. The van der Waals surface area contributed by atoms with Crippen molar-refractivity contribution in [3.05, 3.63) is 0 Å². The number of rotatable bonds is 8. The lowest BCUT2D eigenvalue weighted by Gasteiger charge is -2.53. The van der Waals surface area contributed by atoms with E-state index in [0.717, 1.165) is 0 Å². The first-order valence-electron chi connectivity index (χ1n) is 9.41. The van der Waals surface area contributed by atoms with Crippen molar-refractivity contribution < 1.29 is 19.8 Å². The highest BCUT2D eigenvalue weighted by Gasteiger charge is 2.64. The minimum atomic E-state index is -1.32. The molecule has 4 nitrogen and oxygen atoms in total. The molecular formula is C21H40O4. The highest BCUT2D eigenvalue weighted by atomic mass is 16.4. The Bertz CT molecular complexity index is 479. The lowest BCUT2D eigenvalue weighted by molar-refractivity contribution is -0.192. The molecule has 0 saturated heterocycles. The molecule has 0 fully saturated rings. The van der Waals surface area contributed by atoms with Crippen LogP contribution >= 0.6 is 0 Å². The van der Waals surface area contributed by atoms with Crippen LogP contribution in [0.15, 0.2) is 0 Å². The predicted molar refractivity (Wildman–Crippen MR) is 103 cm³/mol. The normalized spacial score (nSPS) is 18.1. The minimum Gasteiger partial charge on any atom is -0.481 e. The molecular weight excluding hydrogens is 316 g/mol. The summed E-state index contributed by atoms with van der Waals surface area (Å²) in [6, 6.07) is 0. The fourth-order valence-corrected chi connectivity index (χ4v) is 4.37. The predicted octanol–water partition coefficient (Wildman–Crippen LogP) is 5.70. The van der Waals surface area contributed by atoms with E-state index in [2.05, 4.69) is 20.8 Å². The summed E-state index contributed by atoms with van der Waals surface area (Å²) >= 11 is 0. The summed E-state index contributed by atoms with van der Waals surface area (Å²) in [5.74, 6) is -2.54. The summed E-state index contributed by atoms with van der Waals surface area (Å²) in [4.78, 5) is 25.3. The molecule has 0 spiro atoms. The minimum absolute atomic E-state index is 0.0570. The van der Waals surface area contributed by atoms with Crippen LogP contribution in [0.25, 0.3) is 0 Å². The third-order valence-corrected chi connectivity index (χ3v) is 5.61. The Morgan fingerprint density at radius 2 is 1.04 bits per heavy atom. The quantitative estimate of drug-likeness (QED) is 0.584. The van der Waals surface area contributed by atoms with Gasteiger partial charge in [0.2, 0.25) is 0 Å². The van der Waals surface area contributed by atoms with Crippen molar-refractivity contribution in [1.29, 1.82) is 0 Å². The maximum atomic E-state index is 12.7. The second kappa shape index (κ2) is 7.67. The molecule has 148 valence electrons. The van der Waals surface area contributed by atoms with Gasteiger partial charge in [0.25, 0.3) is 0 Å². The number of carboxylic acid groups (broad SMARTS) is 2. The Hall–Kier alpha value is -1.06. The summed E-state index contributed by atoms with van der Waals surface area (Å²) in [5, 5.41) is 20.7. The second-order valence-corrected chi connectivity index (χ2v) is 10.7. The van der Waals surface area contributed by atoms with E-state index in [1.807, 2.05) is 48.5 Å². The Morgan fingerprint density at radius 3 is 1.24 bits per heavy atom. The zero-order valence-corrected chi connectivity index (χ0v) is 18.0. The summed E-state index contributed by atoms with van der Waals surface area (Å²) in [6.45, 7) is 19.6. The molecule has 25 heavy (non-hydrogen) atoms.